The Balaban J connectivity index is 3.09. The molecule has 0 spiro atoms. The number of ether oxygens (including phenoxy) is 1. The molecule has 8 heteroatoms. The van der Waals surface area contributed by atoms with Crippen molar-refractivity contribution in [2.75, 3.05) is 40.0 Å². The summed E-state index contributed by atoms with van der Waals surface area (Å²) in [6.07, 6.45) is 0. The van der Waals surface area contributed by atoms with E-state index >= 15 is 0 Å². The number of hydrogen-bond acceptors (Lipinski definition) is 6. The van der Waals surface area contributed by atoms with E-state index in [0.717, 1.165) is 12.1 Å². The Labute approximate surface area is 157 Å². The Morgan fingerprint density at radius 3 is 2.31 bits per heavy atom. The molecule has 0 heterocycles. The zero-order valence-electron chi connectivity index (χ0n) is 16.5. The molecule has 7 nitrogen and oxygen atoms in total. The third kappa shape index (κ3) is 6.84. The largest absolute Gasteiger partial charge is 0.493 e. The van der Waals surface area contributed by atoms with Gasteiger partial charge in [0.15, 0.2) is 11.5 Å². The molecule has 0 aliphatic rings. The summed E-state index contributed by atoms with van der Waals surface area (Å²) in [4.78, 5) is 16.3. The van der Waals surface area contributed by atoms with Crippen LogP contribution in [0.3, 0.4) is 0 Å². The quantitative estimate of drug-likeness (QED) is 0.572. The van der Waals surface area contributed by atoms with Gasteiger partial charge >= 0.3 is 10.1 Å². The lowest BCUT2D eigenvalue weighted by Crippen LogP contribution is -2.38. The fourth-order valence-corrected chi connectivity index (χ4v) is 2.78. The molecule has 0 aliphatic heterocycles. The van der Waals surface area contributed by atoms with Crippen molar-refractivity contribution in [3.63, 3.8) is 0 Å². The van der Waals surface area contributed by atoms with Gasteiger partial charge in [0, 0.05) is 25.6 Å². The lowest BCUT2D eigenvalue weighted by atomic mass is 10.1. The van der Waals surface area contributed by atoms with Crippen molar-refractivity contribution in [3.8, 4) is 11.5 Å². The fraction of sp³-hybridized carbons (Fsp3) is 0.611. The van der Waals surface area contributed by atoms with Gasteiger partial charge in [0.25, 0.3) is 0 Å². The smallest absolute Gasteiger partial charge is 0.309 e. The Morgan fingerprint density at radius 1 is 1.15 bits per heavy atom. The molecule has 26 heavy (non-hydrogen) atoms. The number of carbonyl (C=O) groups is 1. The maximum Gasteiger partial charge on any atom is 0.309 e. The third-order valence-corrected chi connectivity index (χ3v) is 4.94. The van der Waals surface area contributed by atoms with Gasteiger partial charge in [-0.1, -0.05) is 19.9 Å². The highest BCUT2D eigenvalue weighted by molar-refractivity contribution is 7.87. The summed E-state index contributed by atoms with van der Waals surface area (Å²) in [6, 6.07) is 5.07. The predicted molar refractivity (Wildman–Crippen MR) is 102 cm³/mol. The molecule has 1 rings (SSSR count). The summed E-state index contributed by atoms with van der Waals surface area (Å²) in [5, 5.41) is 0. The highest BCUT2D eigenvalue weighted by Crippen LogP contribution is 2.30. The van der Waals surface area contributed by atoms with Gasteiger partial charge in [-0.25, -0.2) is 0 Å². The molecule has 1 aromatic carbocycles. The second-order valence-corrected chi connectivity index (χ2v) is 8.49. The van der Waals surface area contributed by atoms with Crippen molar-refractivity contribution in [1.82, 2.24) is 9.80 Å². The normalized spacial score (nSPS) is 11.7. The van der Waals surface area contributed by atoms with Crippen LogP contribution in [0.25, 0.3) is 0 Å². The fourth-order valence-electron chi connectivity index (χ4n) is 2.25. The molecule has 0 saturated heterocycles. The number of likely N-dealkylation sites (N-methyl/N-ethyl adjacent to an activating group) is 1. The molecule has 0 aliphatic carbocycles. The van der Waals surface area contributed by atoms with Crippen LogP contribution in [0.5, 0.6) is 11.5 Å². The van der Waals surface area contributed by atoms with E-state index in [4.69, 9.17) is 8.92 Å². The topological polar surface area (TPSA) is 76.2 Å². The maximum atomic E-state index is 12.5. The van der Waals surface area contributed by atoms with Crippen molar-refractivity contribution in [1.29, 1.82) is 0 Å². The molecule has 148 valence electrons. The Morgan fingerprint density at radius 2 is 1.81 bits per heavy atom. The predicted octanol–water partition coefficient (Wildman–Crippen LogP) is 1.97. The van der Waals surface area contributed by atoms with Gasteiger partial charge in [-0.3, -0.25) is 4.79 Å². The van der Waals surface area contributed by atoms with E-state index in [0.29, 0.717) is 18.8 Å². The van der Waals surface area contributed by atoms with E-state index < -0.39 is 10.1 Å². The first-order valence-corrected chi connectivity index (χ1v) is 10.2. The number of amides is 1. The van der Waals surface area contributed by atoms with Crippen LogP contribution >= 0.6 is 0 Å². The van der Waals surface area contributed by atoms with Crippen molar-refractivity contribution >= 4 is 16.0 Å². The molecule has 0 saturated carbocycles. The van der Waals surface area contributed by atoms with Gasteiger partial charge in [0.2, 0.25) is 5.91 Å². The van der Waals surface area contributed by atoms with Crippen LogP contribution in [0, 0.1) is 5.92 Å². The van der Waals surface area contributed by atoms with E-state index in [1.165, 1.54) is 14.0 Å². The molecule has 0 unspecified atom stereocenters. The second kappa shape index (κ2) is 9.78. The average molecular weight is 387 g/mol. The van der Waals surface area contributed by atoms with E-state index in [2.05, 4.69) is 0 Å². The second-order valence-electron chi connectivity index (χ2n) is 6.63. The zero-order valence-corrected chi connectivity index (χ0v) is 17.3. The number of hydrogen-bond donors (Lipinski definition) is 0. The van der Waals surface area contributed by atoms with Crippen molar-refractivity contribution in [2.45, 2.75) is 27.3 Å². The van der Waals surface area contributed by atoms with Gasteiger partial charge in [-0.2, -0.15) is 8.42 Å². The molecule has 0 N–H and O–H groups in total. The average Bonchev–Trinajstić information content (AvgIpc) is 2.57. The van der Waals surface area contributed by atoms with Gasteiger partial charge in [-0.05, 0) is 38.7 Å². The Kier molecular flexibility index (Phi) is 8.36. The van der Waals surface area contributed by atoms with Gasteiger partial charge in [0.1, 0.15) is 0 Å². The lowest BCUT2D eigenvalue weighted by Gasteiger charge is -2.26. The van der Waals surface area contributed by atoms with Crippen molar-refractivity contribution < 1.29 is 22.1 Å². The highest BCUT2D eigenvalue weighted by atomic mass is 32.2. The number of methoxy groups -OCH3 is 1. The first kappa shape index (κ1) is 22.2. The number of carbonyl (C=O) groups excluding carboxylic acids is 1. The molecule has 0 bridgehead atoms. The van der Waals surface area contributed by atoms with Crippen molar-refractivity contribution in [3.05, 3.63) is 23.8 Å². The first-order chi connectivity index (χ1) is 12.1. The number of nitrogens with zero attached hydrogens (tertiary/aromatic N) is 2. The van der Waals surface area contributed by atoms with E-state index in [-0.39, 0.29) is 23.3 Å². The van der Waals surface area contributed by atoms with Crippen LogP contribution in [0.2, 0.25) is 0 Å². The maximum absolute atomic E-state index is 12.5. The molecule has 1 amide bonds. The van der Waals surface area contributed by atoms with Crippen LogP contribution in [0.4, 0.5) is 0 Å². The van der Waals surface area contributed by atoms with Crippen molar-refractivity contribution in [2.24, 2.45) is 5.92 Å². The summed E-state index contributed by atoms with van der Waals surface area (Å²) in [5.41, 5.74) is 0.778. The van der Waals surface area contributed by atoms with Gasteiger partial charge in [-0.15, -0.1) is 0 Å². The van der Waals surface area contributed by atoms with E-state index in [9.17, 15) is 13.2 Å². The van der Waals surface area contributed by atoms with Gasteiger partial charge in [0.05, 0.1) is 12.9 Å². The van der Waals surface area contributed by atoms with Crippen LogP contribution in [0.1, 0.15) is 26.3 Å². The van der Waals surface area contributed by atoms with Crippen LogP contribution in [0.15, 0.2) is 18.2 Å². The Bertz CT molecular complexity index is 702. The minimum atomic E-state index is -3.67. The molecule has 0 atom stereocenters. The summed E-state index contributed by atoms with van der Waals surface area (Å²) < 4.78 is 33.9. The molecular weight excluding hydrogens is 356 g/mol. The molecule has 1 aromatic rings. The monoisotopic (exact) mass is 386 g/mol. The summed E-state index contributed by atoms with van der Waals surface area (Å²) >= 11 is 0. The van der Waals surface area contributed by atoms with E-state index in [1.807, 2.05) is 32.8 Å². The molecule has 0 aromatic heterocycles. The summed E-state index contributed by atoms with van der Waals surface area (Å²) in [5.74, 6) is 0.261. The summed E-state index contributed by atoms with van der Waals surface area (Å²) in [6.45, 7) is 6.93. The molecule has 0 radical (unpaired) electrons. The van der Waals surface area contributed by atoms with Crippen LogP contribution in [-0.4, -0.2) is 64.2 Å². The SMILES string of the molecule is CCS(=O)(=O)Oc1cc(CN(CCN(C)C)C(=O)C(C)C)ccc1OC. The first-order valence-electron chi connectivity index (χ1n) is 8.62. The van der Waals surface area contributed by atoms with E-state index in [1.54, 1.807) is 23.1 Å². The zero-order chi connectivity index (χ0) is 19.9. The molecular formula is C18H30N2O5S. The lowest BCUT2D eigenvalue weighted by molar-refractivity contribution is -0.135. The Hall–Kier alpha value is -1.80. The molecule has 0 fully saturated rings. The third-order valence-electron chi connectivity index (χ3n) is 3.79. The highest BCUT2D eigenvalue weighted by Gasteiger charge is 2.19. The standard InChI is InChI=1S/C18H30N2O5S/c1-7-26(22,23)25-17-12-15(8-9-16(17)24-6)13-20(11-10-19(4)5)18(21)14(2)3/h8-9,12,14H,7,10-11,13H2,1-6H3. The number of rotatable bonds is 10. The van der Waals surface area contributed by atoms with Crippen LogP contribution < -0.4 is 8.92 Å². The number of benzene rings is 1. The minimum absolute atomic E-state index is 0.0475. The minimum Gasteiger partial charge on any atom is -0.493 e. The van der Waals surface area contributed by atoms with Gasteiger partial charge < -0.3 is 18.7 Å². The van der Waals surface area contributed by atoms with Crippen LogP contribution in [-0.2, 0) is 21.5 Å². The summed E-state index contributed by atoms with van der Waals surface area (Å²) in [7, 11) is 1.68.